The molecule has 0 aliphatic heterocycles. The SMILES string of the molecule is C[N-]C.C[N-]C.Cc1cc(C)c(-c2ccc(C(C)(C)c3ccc(-c4c(C)cc(C)cc4C)[n-]3)[n-]2)c(C)c1.[Ti+4]. The van der Waals surface area contributed by atoms with E-state index in [1.165, 1.54) is 44.5 Å². The summed E-state index contributed by atoms with van der Waals surface area (Å²) < 4.78 is 0. The molecule has 0 spiro atoms. The summed E-state index contributed by atoms with van der Waals surface area (Å²) in [6, 6.07) is 17.6. The van der Waals surface area contributed by atoms with Crippen LogP contribution in [0.15, 0.2) is 48.5 Å². The zero-order chi connectivity index (χ0) is 27.9. The molecular formula is C33H44N4Ti. The number of hydrogen-bond donors (Lipinski definition) is 0. The van der Waals surface area contributed by atoms with Crippen molar-refractivity contribution in [2.75, 3.05) is 28.2 Å². The Labute approximate surface area is 246 Å². The molecule has 0 atom stereocenters. The molecule has 0 saturated carbocycles. The van der Waals surface area contributed by atoms with Crippen molar-refractivity contribution in [3.63, 3.8) is 0 Å². The molecule has 0 radical (unpaired) electrons. The van der Waals surface area contributed by atoms with Crippen LogP contribution in [0.1, 0.15) is 58.6 Å². The van der Waals surface area contributed by atoms with Gasteiger partial charge in [0.25, 0.3) is 0 Å². The van der Waals surface area contributed by atoms with Crippen molar-refractivity contribution < 1.29 is 21.7 Å². The van der Waals surface area contributed by atoms with Gasteiger partial charge in [-0.2, -0.15) is 39.6 Å². The molecular weight excluding hydrogens is 500 g/mol. The molecule has 0 bridgehead atoms. The maximum Gasteiger partial charge on any atom is 4.00 e. The van der Waals surface area contributed by atoms with Crippen molar-refractivity contribution in [1.82, 2.24) is 9.97 Å². The summed E-state index contributed by atoms with van der Waals surface area (Å²) in [6.07, 6.45) is 0. The summed E-state index contributed by atoms with van der Waals surface area (Å²) in [6.45, 7) is 17.4. The van der Waals surface area contributed by atoms with Gasteiger partial charge in [0.2, 0.25) is 0 Å². The average Bonchev–Trinajstić information content (AvgIpc) is 3.45. The van der Waals surface area contributed by atoms with E-state index < -0.39 is 0 Å². The second-order valence-electron chi connectivity index (χ2n) is 10.5. The van der Waals surface area contributed by atoms with E-state index >= 15 is 0 Å². The molecule has 4 rings (SSSR count). The van der Waals surface area contributed by atoms with Crippen molar-refractivity contribution in [3.8, 4) is 22.5 Å². The molecule has 38 heavy (non-hydrogen) atoms. The van der Waals surface area contributed by atoms with E-state index in [4.69, 9.17) is 9.97 Å². The van der Waals surface area contributed by atoms with Crippen LogP contribution in [-0.2, 0) is 27.1 Å². The summed E-state index contributed by atoms with van der Waals surface area (Å²) in [5, 5.41) is 7.00. The number of nitrogens with zero attached hydrogens (tertiary/aromatic N) is 4. The number of aromatic nitrogens is 2. The van der Waals surface area contributed by atoms with Gasteiger partial charge in [-0.1, -0.05) is 73.5 Å². The van der Waals surface area contributed by atoms with Gasteiger partial charge in [-0.25, -0.2) is 0 Å². The zero-order valence-corrected chi connectivity index (χ0v) is 27.0. The van der Waals surface area contributed by atoms with Crippen molar-refractivity contribution in [3.05, 3.63) is 104 Å². The molecule has 4 aromatic rings. The predicted octanol–water partition coefficient (Wildman–Crippen LogP) is 8.35. The smallest absolute Gasteiger partial charge is 0.668 e. The zero-order valence-electron chi connectivity index (χ0n) is 25.4. The van der Waals surface area contributed by atoms with Gasteiger partial charge < -0.3 is 20.6 Å². The van der Waals surface area contributed by atoms with E-state index in [0.717, 1.165) is 22.8 Å². The van der Waals surface area contributed by atoms with E-state index in [1.54, 1.807) is 28.2 Å². The minimum absolute atomic E-state index is 0. The Balaban J connectivity index is 0.000000945. The second kappa shape index (κ2) is 14.7. The Morgan fingerprint density at radius 2 is 0.789 bits per heavy atom. The molecule has 2 heterocycles. The molecule has 2 aromatic heterocycles. The molecule has 0 fully saturated rings. The average molecular weight is 545 g/mol. The maximum atomic E-state index is 5.07. The Bertz CT molecular complexity index is 1160. The van der Waals surface area contributed by atoms with Gasteiger partial charge in [-0.05, 0) is 80.3 Å². The minimum Gasteiger partial charge on any atom is -0.668 e. The normalized spacial score (nSPS) is 10.6. The topological polar surface area (TPSA) is 56.4 Å². The standard InChI is InChI=1S/C29H32N2.2C2H6N.Ti/c1-17-13-19(3)27(20(4)14-17)23-9-11-25(30-23)29(7,8)26-12-10-24(31-26)28-21(5)15-18(2)16-22(28)6;2*1-3-2;/h9-16H,1-8H3;2*1-2H3;/q-2;2*-1;+4. The molecule has 200 valence electrons. The van der Waals surface area contributed by atoms with Crippen LogP contribution in [0.5, 0.6) is 0 Å². The first kappa shape index (κ1) is 33.7. The van der Waals surface area contributed by atoms with E-state index in [-0.39, 0.29) is 27.1 Å². The summed E-state index contributed by atoms with van der Waals surface area (Å²) in [7, 11) is 7.00. The van der Waals surface area contributed by atoms with Crippen LogP contribution in [-0.4, -0.2) is 28.2 Å². The monoisotopic (exact) mass is 544 g/mol. The van der Waals surface area contributed by atoms with Gasteiger partial charge in [0.1, 0.15) is 0 Å². The van der Waals surface area contributed by atoms with Gasteiger partial charge in [0.05, 0.1) is 0 Å². The predicted molar refractivity (Wildman–Crippen MR) is 161 cm³/mol. The molecule has 0 aliphatic carbocycles. The fraction of sp³-hybridized carbons (Fsp3) is 0.394. The van der Waals surface area contributed by atoms with E-state index in [2.05, 4.69) is 115 Å². The van der Waals surface area contributed by atoms with Gasteiger partial charge in [0, 0.05) is 0 Å². The first-order chi connectivity index (χ1) is 17.4. The Morgan fingerprint density at radius 3 is 1.05 bits per heavy atom. The van der Waals surface area contributed by atoms with Gasteiger partial charge in [-0.3, -0.25) is 0 Å². The third-order valence-corrected chi connectivity index (χ3v) is 6.43. The third-order valence-electron chi connectivity index (χ3n) is 6.43. The number of aryl methyl sites for hydroxylation is 6. The second-order valence-corrected chi connectivity index (χ2v) is 10.5. The van der Waals surface area contributed by atoms with Gasteiger partial charge >= 0.3 is 21.7 Å². The quantitative estimate of drug-likeness (QED) is 0.243. The molecule has 4 nitrogen and oxygen atoms in total. The van der Waals surface area contributed by atoms with Crippen LogP contribution in [0.25, 0.3) is 33.1 Å². The molecule has 0 N–H and O–H groups in total. The Hall–Kier alpha value is -2.37. The van der Waals surface area contributed by atoms with E-state index in [0.29, 0.717) is 0 Å². The van der Waals surface area contributed by atoms with Gasteiger partial charge in [-0.15, -0.1) is 11.4 Å². The van der Waals surface area contributed by atoms with Crippen molar-refractivity contribution in [1.29, 1.82) is 0 Å². The maximum absolute atomic E-state index is 5.07. The summed E-state index contributed by atoms with van der Waals surface area (Å²) in [5.74, 6) is 0. The Kier molecular flexibility index (Phi) is 13.0. The van der Waals surface area contributed by atoms with Crippen LogP contribution < -0.4 is 9.97 Å². The molecule has 0 saturated heterocycles. The molecule has 0 amide bonds. The molecule has 0 unspecified atom stereocenters. The van der Waals surface area contributed by atoms with Crippen molar-refractivity contribution >= 4 is 0 Å². The van der Waals surface area contributed by atoms with Crippen LogP contribution in [0.4, 0.5) is 0 Å². The van der Waals surface area contributed by atoms with E-state index in [9.17, 15) is 0 Å². The summed E-state index contributed by atoms with van der Waals surface area (Å²) in [5.41, 5.74) is 14.1. The Morgan fingerprint density at radius 1 is 0.526 bits per heavy atom. The molecule has 0 aliphatic rings. The largest absolute Gasteiger partial charge is 4.00 e. The van der Waals surface area contributed by atoms with Crippen LogP contribution >= 0.6 is 0 Å². The van der Waals surface area contributed by atoms with Crippen LogP contribution in [0.2, 0.25) is 0 Å². The number of rotatable bonds is 4. The molecule has 2 aromatic carbocycles. The fourth-order valence-corrected chi connectivity index (χ4v) is 5.00. The van der Waals surface area contributed by atoms with Crippen molar-refractivity contribution in [2.45, 2.75) is 60.8 Å². The first-order valence-electron chi connectivity index (χ1n) is 12.8. The summed E-state index contributed by atoms with van der Waals surface area (Å²) in [4.78, 5) is 10.1. The van der Waals surface area contributed by atoms with Crippen LogP contribution in [0, 0.1) is 41.5 Å². The van der Waals surface area contributed by atoms with Crippen LogP contribution in [0.3, 0.4) is 0 Å². The minimum atomic E-state index is -0.268. The fourth-order valence-electron chi connectivity index (χ4n) is 5.00. The first-order valence-corrected chi connectivity index (χ1v) is 12.8. The van der Waals surface area contributed by atoms with Gasteiger partial charge in [0.15, 0.2) is 0 Å². The summed E-state index contributed by atoms with van der Waals surface area (Å²) >= 11 is 0. The third kappa shape index (κ3) is 7.83. The van der Waals surface area contributed by atoms with E-state index in [1.807, 2.05) is 0 Å². The number of benzene rings is 2. The number of hydrogen-bond acceptors (Lipinski definition) is 0. The van der Waals surface area contributed by atoms with Crippen molar-refractivity contribution in [2.24, 2.45) is 0 Å². The molecule has 5 heteroatoms.